The number of carboxylic acids is 1. The van der Waals surface area contributed by atoms with Crippen molar-refractivity contribution in [3.63, 3.8) is 0 Å². The lowest BCUT2D eigenvalue weighted by atomic mass is 9.95. The molecule has 3 heterocycles. The van der Waals surface area contributed by atoms with E-state index in [2.05, 4.69) is 10.2 Å². The average Bonchev–Trinajstić information content (AvgIpc) is 3.42. The van der Waals surface area contributed by atoms with Crippen LogP contribution in [0.1, 0.15) is 33.9 Å². The Morgan fingerprint density at radius 2 is 1.80 bits per heavy atom. The molecule has 0 spiro atoms. The van der Waals surface area contributed by atoms with Gasteiger partial charge in [0.2, 0.25) is 5.88 Å². The number of ether oxygens (including phenoxy) is 1. The summed E-state index contributed by atoms with van der Waals surface area (Å²) >= 11 is 13.6. The molecule has 0 unspecified atom stereocenters. The summed E-state index contributed by atoms with van der Waals surface area (Å²) in [5.41, 5.74) is 1.43. The highest BCUT2D eigenvalue weighted by Gasteiger charge is 2.41. The number of nitrogens with zero attached hydrogens (tertiary/aromatic N) is 4. The van der Waals surface area contributed by atoms with Gasteiger partial charge < -0.3 is 19.7 Å². The van der Waals surface area contributed by atoms with Gasteiger partial charge in [-0.05, 0) is 36.6 Å². The number of carbonyl (C=O) groups excluding carboxylic acids is 1. The van der Waals surface area contributed by atoms with Gasteiger partial charge in [-0.3, -0.25) is 23.9 Å². The first-order valence-corrected chi connectivity index (χ1v) is 15.1. The summed E-state index contributed by atoms with van der Waals surface area (Å²) in [4.78, 5) is 55.9. The number of methoxy groups -OCH3 is 1. The van der Waals surface area contributed by atoms with Gasteiger partial charge in [0.05, 0.1) is 34.5 Å². The fourth-order valence-corrected chi connectivity index (χ4v) is 6.76. The summed E-state index contributed by atoms with van der Waals surface area (Å²) < 4.78 is 23.0. The second kappa shape index (κ2) is 12.0. The standard InChI is InChI=1S/C32H28Cl2FN5O6/c1-38-14-19(30(42)39(2)32(38)45)28(41)36-21-9-8-20(35)25(27(21)34)18-6-4-5-17(26(18)33)22-11-15-7-10-23(24(15)29(37-22)46-3)40-12-16(13-40)31(43)44/h4-6,8-9,11,14,16,23H,7,10,12-13H2,1-3H3,(H,36,41)(H,43,44)/t23-/m1/s1. The topological polar surface area (TPSA) is 136 Å². The zero-order valence-electron chi connectivity index (χ0n) is 24.9. The third-order valence-corrected chi connectivity index (χ3v) is 9.40. The molecule has 0 saturated carbocycles. The van der Waals surface area contributed by atoms with Crippen LogP contribution in [0.4, 0.5) is 10.1 Å². The predicted octanol–water partition coefficient (Wildman–Crippen LogP) is 4.52. The van der Waals surface area contributed by atoms with E-state index in [1.54, 1.807) is 18.2 Å². The Kier molecular flexibility index (Phi) is 8.21. The molecule has 11 nitrogen and oxygen atoms in total. The van der Waals surface area contributed by atoms with Gasteiger partial charge in [-0.25, -0.2) is 14.2 Å². The van der Waals surface area contributed by atoms with Crippen molar-refractivity contribution in [1.82, 2.24) is 19.0 Å². The number of carbonyl (C=O) groups is 2. The molecule has 1 fully saturated rings. The molecule has 1 aliphatic heterocycles. The Morgan fingerprint density at radius 1 is 1.09 bits per heavy atom. The van der Waals surface area contributed by atoms with Crippen molar-refractivity contribution < 1.29 is 23.8 Å². The summed E-state index contributed by atoms with van der Waals surface area (Å²) in [6, 6.07) is 9.32. The highest BCUT2D eigenvalue weighted by molar-refractivity contribution is 6.39. The maximum atomic E-state index is 15.4. The summed E-state index contributed by atoms with van der Waals surface area (Å²) in [5.74, 6) is -2.31. The zero-order valence-corrected chi connectivity index (χ0v) is 26.4. The van der Waals surface area contributed by atoms with Crippen LogP contribution >= 0.6 is 23.2 Å². The summed E-state index contributed by atoms with van der Waals surface area (Å²) in [6.07, 6.45) is 2.65. The third-order valence-electron chi connectivity index (χ3n) is 8.60. The lowest BCUT2D eigenvalue weighted by Gasteiger charge is -2.41. The summed E-state index contributed by atoms with van der Waals surface area (Å²) in [5, 5.41) is 11.9. The SMILES string of the molecule is COc1nc(-c2cccc(-c3c(F)ccc(NC(=O)c4cn(C)c(=O)n(C)c4=O)c3Cl)c2Cl)cc2c1[C@H](N1CC(C(=O)O)C1)CC2. The van der Waals surface area contributed by atoms with Crippen LogP contribution in [0.3, 0.4) is 0 Å². The largest absolute Gasteiger partial charge is 0.481 e. The predicted molar refractivity (Wildman–Crippen MR) is 170 cm³/mol. The molecule has 14 heteroatoms. The first-order chi connectivity index (χ1) is 21.9. The van der Waals surface area contributed by atoms with Crippen molar-refractivity contribution in [1.29, 1.82) is 0 Å². The molecule has 46 heavy (non-hydrogen) atoms. The lowest BCUT2D eigenvalue weighted by Crippen LogP contribution is -2.51. The van der Waals surface area contributed by atoms with E-state index in [0.717, 1.165) is 45.4 Å². The van der Waals surface area contributed by atoms with Crippen molar-refractivity contribution >= 4 is 40.8 Å². The van der Waals surface area contributed by atoms with Crippen molar-refractivity contribution in [2.45, 2.75) is 18.9 Å². The van der Waals surface area contributed by atoms with Crippen molar-refractivity contribution in [2.24, 2.45) is 20.0 Å². The van der Waals surface area contributed by atoms with Crippen LogP contribution in [0.15, 0.2) is 52.2 Å². The van der Waals surface area contributed by atoms with Crippen molar-refractivity contribution in [3.05, 3.63) is 96.0 Å². The number of nitrogens with one attached hydrogen (secondary N) is 1. The molecule has 4 aromatic rings. The van der Waals surface area contributed by atoms with Crippen LogP contribution < -0.4 is 21.3 Å². The molecule has 2 aliphatic rings. The summed E-state index contributed by atoms with van der Waals surface area (Å²) in [6.45, 7) is 0.928. The van der Waals surface area contributed by atoms with Crippen molar-refractivity contribution in [3.8, 4) is 28.3 Å². The number of likely N-dealkylation sites (tertiary alicyclic amines) is 1. The van der Waals surface area contributed by atoms with E-state index in [4.69, 9.17) is 32.9 Å². The Hall–Kier alpha value is -4.52. The van der Waals surface area contributed by atoms with Crippen LogP contribution in [0.2, 0.25) is 10.0 Å². The average molecular weight is 669 g/mol. The first-order valence-electron chi connectivity index (χ1n) is 14.3. The minimum atomic E-state index is -0.833. The molecule has 1 atom stereocenters. The first kappa shape index (κ1) is 31.5. The van der Waals surface area contributed by atoms with Crippen LogP contribution in [0.5, 0.6) is 5.88 Å². The maximum Gasteiger partial charge on any atom is 0.330 e. The number of hydrogen-bond acceptors (Lipinski definition) is 7. The van der Waals surface area contributed by atoms with E-state index < -0.39 is 28.9 Å². The molecule has 0 bridgehead atoms. The second-order valence-electron chi connectivity index (χ2n) is 11.3. The smallest absolute Gasteiger partial charge is 0.330 e. The Morgan fingerprint density at radius 3 is 2.50 bits per heavy atom. The van der Waals surface area contributed by atoms with E-state index in [-0.39, 0.29) is 44.4 Å². The van der Waals surface area contributed by atoms with Gasteiger partial charge in [0, 0.05) is 61.7 Å². The number of anilines is 1. The molecule has 1 saturated heterocycles. The number of amides is 1. The quantitative estimate of drug-likeness (QED) is 0.294. The number of hydrogen-bond donors (Lipinski definition) is 2. The fraction of sp³-hybridized carbons (Fsp3) is 0.281. The maximum absolute atomic E-state index is 15.4. The minimum absolute atomic E-state index is 0.00397. The number of aromatic nitrogens is 3. The van der Waals surface area contributed by atoms with Gasteiger partial charge >= 0.3 is 11.7 Å². The van der Waals surface area contributed by atoms with Crippen LogP contribution in [0, 0.1) is 11.7 Å². The molecule has 2 N–H and O–H groups in total. The molecular formula is C32H28Cl2FN5O6. The zero-order chi connectivity index (χ0) is 33.0. The molecule has 238 valence electrons. The molecule has 1 aliphatic carbocycles. The van der Waals surface area contributed by atoms with E-state index in [1.807, 2.05) is 6.07 Å². The molecule has 6 rings (SSSR count). The Balaban J connectivity index is 1.35. The molecule has 2 aromatic heterocycles. The Labute approximate surface area is 271 Å². The van der Waals surface area contributed by atoms with E-state index in [9.17, 15) is 24.3 Å². The van der Waals surface area contributed by atoms with Gasteiger partial charge in [0.15, 0.2) is 0 Å². The summed E-state index contributed by atoms with van der Waals surface area (Å²) in [7, 11) is 4.19. The highest BCUT2D eigenvalue weighted by Crippen LogP contribution is 2.47. The number of aryl methyl sites for hydroxylation is 2. The molecule has 0 radical (unpaired) electrons. The van der Waals surface area contributed by atoms with Crippen LogP contribution in [-0.4, -0.2) is 56.2 Å². The number of fused-ring (bicyclic) bond motifs is 1. The number of rotatable bonds is 7. The Bertz CT molecular complexity index is 2060. The molecule has 2 aromatic carbocycles. The highest BCUT2D eigenvalue weighted by atomic mass is 35.5. The van der Waals surface area contributed by atoms with Crippen molar-refractivity contribution in [2.75, 3.05) is 25.5 Å². The molecule has 1 amide bonds. The second-order valence-corrected chi connectivity index (χ2v) is 12.1. The van der Waals surface area contributed by atoms with E-state index in [0.29, 0.717) is 30.2 Å². The number of carboxylic acid groups (broad SMARTS) is 1. The monoisotopic (exact) mass is 667 g/mol. The molecular weight excluding hydrogens is 640 g/mol. The number of benzene rings is 2. The van der Waals surface area contributed by atoms with Gasteiger partial charge in [-0.1, -0.05) is 41.4 Å². The lowest BCUT2D eigenvalue weighted by molar-refractivity contribution is -0.148. The van der Waals surface area contributed by atoms with Gasteiger partial charge in [-0.15, -0.1) is 0 Å². The normalized spacial score (nSPS) is 16.2. The third kappa shape index (κ3) is 5.25. The van der Waals surface area contributed by atoms with Crippen LogP contribution in [-0.2, 0) is 25.3 Å². The number of pyridine rings is 1. The van der Waals surface area contributed by atoms with Gasteiger partial charge in [0.25, 0.3) is 11.5 Å². The number of aliphatic carboxylic acids is 1. The van der Waals surface area contributed by atoms with E-state index >= 15 is 4.39 Å². The van der Waals surface area contributed by atoms with Crippen LogP contribution in [0.25, 0.3) is 22.4 Å². The number of halogens is 3. The fourth-order valence-electron chi connectivity index (χ4n) is 6.14. The minimum Gasteiger partial charge on any atom is -0.481 e. The van der Waals surface area contributed by atoms with Gasteiger partial charge in [0.1, 0.15) is 11.4 Å². The van der Waals surface area contributed by atoms with E-state index in [1.165, 1.54) is 27.3 Å². The van der Waals surface area contributed by atoms with Gasteiger partial charge in [-0.2, -0.15) is 0 Å².